The van der Waals surface area contributed by atoms with E-state index in [9.17, 15) is 9.18 Å². The van der Waals surface area contributed by atoms with Gasteiger partial charge in [0.25, 0.3) is 0 Å². The summed E-state index contributed by atoms with van der Waals surface area (Å²) in [6.45, 7) is 1.77. The summed E-state index contributed by atoms with van der Waals surface area (Å²) in [6, 6.07) is 4.17. The van der Waals surface area contributed by atoms with Crippen molar-refractivity contribution < 1.29 is 9.18 Å². The number of imidazole rings is 1. The van der Waals surface area contributed by atoms with Crippen molar-refractivity contribution in [2.75, 3.05) is 0 Å². The van der Waals surface area contributed by atoms with Gasteiger partial charge in [0.15, 0.2) is 0 Å². The second-order valence-corrected chi connectivity index (χ2v) is 3.71. The number of nitrogens with zero attached hydrogens (tertiary/aromatic N) is 2. The molecule has 0 saturated heterocycles. The zero-order valence-electron chi connectivity index (χ0n) is 9.07. The molecule has 0 unspecified atom stereocenters. The van der Waals surface area contributed by atoms with Crippen LogP contribution in [0.3, 0.4) is 0 Å². The van der Waals surface area contributed by atoms with E-state index in [2.05, 4.69) is 4.98 Å². The second kappa shape index (κ2) is 3.89. The molecule has 0 aliphatic rings. The van der Waals surface area contributed by atoms with E-state index in [1.807, 2.05) is 0 Å². The van der Waals surface area contributed by atoms with E-state index in [-0.39, 0.29) is 5.78 Å². The lowest BCUT2D eigenvalue weighted by molar-refractivity contribution is 0.103. The lowest BCUT2D eigenvalue weighted by atomic mass is 10.0. The summed E-state index contributed by atoms with van der Waals surface area (Å²) in [6.07, 6.45) is 3.16. The van der Waals surface area contributed by atoms with Gasteiger partial charge in [0.2, 0.25) is 5.78 Å². The normalized spacial score (nSPS) is 10.4. The van der Waals surface area contributed by atoms with Gasteiger partial charge in [0, 0.05) is 18.8 Å². The highest BCUT2D eigenvalue weighted by molar-refractivity contribution is 6.08. The highest BCUT2D eigenvalue weighted by Gasteiger charge is 2.14. The Morgan fingerprint density at radius 1 is 1.44 bits per heavy atom. The molecule has 0 fully saturated rings. The quantitative estimate of drug-likeness (QED) is 0.723. The molecular formula is C12H11FN2O. The van der Waals surface area contributed by atoms with Gasteiger partial charge in [-0.05, 0) is 24.6 Å². The van der Waals surface area contributed by atoms with E-state index in [0.717, 1.165) is 5.56 Å². The van der Waals surface area contributed by atoms with E-state index in [4.69, 9.17) is 0 Å². The van der Waals surface area contributed by atoms with Gasteiger partial charge in [0.05, 0.1) is 6.33 Å². The molecule has 0 saturated carbocycles. The second-order valence-electron chi connectivity index (χ2n) is 3.71. The zero-order chi connectivity index (χ0) is 11.7. The van der Waals surface area contributed by atoms with Crippen molar-refractivity contribution in [3.8, 4) is 0 Å². The van der Waals surface area contributed by atoms with Gasteiger partial charge >= 0.3 is 0 Å². The Hall–Kier alpha value is -1.97. The van der Waals surface area contributed by atoms with Crippen molar-refractivity contribution >= 4 is 5.78 Å². The maximum Gasteiger partial charge on any atom is 0.213 e. The van der Waals surface area contributed by atoms with Crippen LogP contribution in [0.1, 0.15) is 21.6 Å². The Morgan fingerprint density at radius 3 is 2.81 bits per heavy atom. The number of hydrogen-bond acceptors (Lipinski definition) is 2. The first-order chi connectivity index (χ1) is 7.58. The van der Waals surface area contributed by atoms with E-state index in [0.29, 0.717) is 11.3 Å². The van der Waals surface area contributed by atoms with Crippen LogP contribution in [0.25, 0.3) is 0 Å². The number of aryl methyl sites for hydroxylation is 2. The van der Waals surface area contributed by atoms with Gasteiger partial charge in [-0.1, -0.05) is 6.07 Å². The standard InChI is InChI=1S/C12H11FN2O/c1-8-3-4-9(13)5-10(8)12(16)11-6-15(2)7-14-11/h3-7H,1-2H3. The zero-order valence-corrected chi connectivity index (χ0v) is 9.07. The van der Waals surface area contributed by atoms with Crippen molar-refractivity contribution in [2.45, 2.75) is 6.92 Å². The molecule has 0 spiro atoms. The van der Waals surface area contributed by atoms with Crippen LogP contribution in [-0.4, -0.2) is 15.3 Å². The fourth-order valence-electron chi connectivity index (χ4n) is 1.51. The number of carbonyl (C=O) groups is 1. The molecular weight excluding hydrogens is 207 g/mol. The molecule has 0 radical (unpaired) electrons. The number of ketones is 1. The number of halogens is 1. The first kappa shape index (κ1) is 10.5. The van der Waals surface area contributed by atoms with Gasteiger partial charge in [-0.15, -0.1) is 0 Å². The van der Waals surface area contributed by atoms with Crippen LogP contribution in [0.15, 0.2) is 30.7 Å². The van der Waals surface area contributed by atoms with Crippen LogP contribution in [-0.2, 0) is 7.05 Å². The summed E-state index contributed by atoms with van der Waals surface area (Å²) >= 11 is 0. The Bertz CT molecular complexity index is 546. The van der Waals surface area contributed by atoms with Gasteiger partial charge in [0.1, 0.15) is 11.5 Å². The van der Waals surface area contributed by atoms with Crippen LogP contribution in [0.4, 0.5) is 4.39 Å². The molecule has 0 atom stereocenters. The van der Waals surface area contributed by atoms with Crippen molar-refractivity contribution in [1.82, 2.24) is 9.55 Å². The van der Waals surface area contributed by atoms with E-state index < -0.39 is 5.82 Å². The highest BCUT2D eigenvalue weighted by Crippen LogP contribution is 2.14. The lowest BCUT2D eigenvalue weighted by Crippen LogP contribution is -2.04. The summed E-state index contributed by atoms with van der Waals surface area (Å²) in [5.74, 6) is -0.664. The SMILES string of the molecule is Cc1ccc(F)cc1C(=O)c1cn(C)cn1. The van der Waals surface area contributed by atoms with Gasteiger partial charge in [-0.2, -0.15) is 0 Å². The number of benzene rings is 1. The fourth-order valence-corrected chi connectivity index (χ4v) is 1.51. The first-order valence-corrected chi connectivity index (χ1v) is 4.87. The third kappa shape index (κ3) is 1.86. The summed E-state index contributed by atoms with van der Waals surface area (Å²) in [7, 11) is 1.78. The molecule has 3 nitrogen and oxygen atoms in total. The van der Waals surface area contributed by atoms with E-state index in [1.165, 1.54) is 12.1 Å². The summed E-state index contributed by atoms with van der Waals surface area (Å²) in [5, 5.41) is 0. The highest BCUT2D eigenvalue weighted by atomic mass is 19.1. The smallest absolute Gasteiger partial charge is 0.213 e. The van der Waals surface area contributed by atoms with Crippen LogP contribution in [0, 0.1) is 12.7 Å². The minimum atomic E-state index is -0.412. The minimum Gasteiger partial charge on any atom is -0.340 e. The number of rotatable bonds is 2. The molecule has 0 N–H and O–H groups in total. The van der Waals surface area contributed by atoms with Gasteiger partial charge in [-0.3, -0.25) is 4.79 Å². The summed E-state index contributed by atoms with van der Waals surface area (Å²) in [5.41, 5.74) is 1.44. The molecule has 1 aromatic heterocycles. The molecule has 2 aromatic rings. The van der Waals surface area contributed by atoms with Crippen LogP contribution >= 0.6 is 0 Å². The molecule has 1 aromatic carbocycles. The molecule has 0 aliphatic carbocycles. The maximum absolute atomic E-state index is 13.1. The molecule has 0 bridgehead atoms. The molecule has 0 aliphatic heterocycles. The topological polar surface area (TPSA) is 34.9 Å². The third-order valence-electron chi connectivity index (χ3n) is 2.38. The largest absolute Gasteiger partial charge is 0.340 e. The monoisotopic (exact) mass is 218 g/mol. The molecule has 16 heavy (non-hydrogen) atoms. The molecule has 2 rings (SSSR count). The molecule has 4 heteroatoms. The van der Waals surface area contributed by atoms with E-state index in [1.54, 1.807) is 37.1 Å². The average Bonchev–Trinajstić information content (AvgIpc) is 2.67. The van der Waals surface area contributed by atoms with Crippen LogP contribution in [0.5, 0.6) is 0 Å². The minimum absolute atomic E-state index is 0.252. The molecule has 82 valence electrons. The number of carbonyl (C=O) groups excluding carboxylic acids is 1. The lowest BCUT2D eigenvalue weighted by Gasteiger charge is -2.02. The van der Waals surface area contributed by atoms with Crippen molar-refractivity contribution in [1.29, 1.82) is 0 Å². The number of aromatic nitrogens is 2. The number of hydrogen-bond donors (Lipinski definition) is 0. The predicted octanol–water partition coefficient (Wildman–Crippen LogP) is 2.10. The summed E-state index contributed by atoms with van der Waals surface area (Å²) in [4.78, 5) is 15.9. The fraction of sp³-hybridized carbons (Fsp3) is 0.167. The summed E-state index contributed by atoms with van der Waals surface area (Å²) < 4.78 is 14.7. The van der Waals surface area contributed by atoms with Crippen molar-refractivity contribution in [3.05, 3.63) is 53.4 Å². The molecule has 1 heterocycles. The Morgan fingerprint density at radius 2 is 2.19 bits per heavy atom. The Balaban J connectivity index is 2.45. The third-order valence-corrected chi connectivity index (χ3v) is 2.38. The first-order valence-electron chi connectivity index (χ1n) is 4.87. The van der Waals surface area contributed by atoms with Gasteiger partial charge in [-0.25, -0.2) is 9.37 Å². The predicted molar refractivity (Wildman–Crippen MR) is 57.8 cm³/mol. The maximum atomic E-state index is 13.1. The van der Waals surface area contributed by atoms with Gasteiger partial charge < -0.3 is 4.57 Å². The Kier molecular flexibility index (Phi) is 2.56. The average molecular weight is 218 g/mol. The van der Waals surface area contributed by atoms with E-state index >= 15 is 0 Å². The van der Waals surface area contributed by atoms with Crippen molar-refractivity contribution in [2.24, 2.45) is 7.05 Å². The molecule has 0 amide bonds. The van der Waals surface area contributed by atoms with Crippen LogP contribution in [0.2, 0.25) is 0 Å². The Labute approximate surface area is 92.5 Å². The van der Waals surface area contributed by atoms with Crippen LogP contribution < -0.4 is 0 Å². The van der Waals surface area contributed by atoms with Crippen molar-refractivity contribution in [3.63, 3.8) is 0 Å².